The lowest BCUT2D eigenvalue weighted by Gasteiger charge is -2.11. The molecule has 0 bridgehead atoms. The second-order valence-corrected chi connectivity index (χ2v) is 5.70. The van der Waals surface area contributed by atoms with Gasteiger partial charge in [0.15, 0.2) is 0 Å². The zero-order valence-corrected chi connectivity index (χ0v) is 14.3. The summed E-state index contributed by atoms with van der Waals surface area (Å²) in [4.78, 5) is 23.4. The molecule has 2 aromatic rings. The molecule has 3 N–H and O–H groups in total. The highest BCUT2D eigenvalue weighted by atomic mass is 16.2. The summed E-state index contributed by atoms with van der Waals surface area (Å²) in [6.45, 7) is 5.94. The number of aryl methyl sites for hydroxylation is 2. The van der Waals surface area contributed by atoms with Gasteiger partial charge in [-0.05, 0) is 55.3 Å². The second-order valence-electron chi connectivity index (χ2n) is 5.70. The van der Waals surface area contributed by atoms with Crippen LogP contribution in [0.5, 0.6) is 0 Å². The summed E-state index contributed by atoms with van der Waals surface area (Å²) in [5.74, 6) is -0.129. The van der Waals surface area contributed by atoms with Crippen molar-refractivity contribution in [2.75, 3.05) is 22.5 Å². The van der Waals surface area contributed by atoms with E-state index in [4.69, 9.17) is 0 Å². The van der Waals surface area contributed by atoms with Crippen molar-refractivity contribution >= 4 is 28.9 Å². The Morgan fingerprint density at radius 3 is 2.21 bits per heavy atom. The minimum atomic E-state index is -0.105. The fraction of sp³-hybridized carbons (Fsp3) is 0.263. The molecule has 5 nitrogen and oxygen atoms in total. The Balaban J connectivity index is 1.87. The topological polar surface area (TPSA) is 70.2 Å². The molecule has 24 heavy (non-hydrogen) atoms. The molecule has 0 unspecified atom stereocenters. The third-order valence-electron chi connectivity index (χ3n) is 3.61. The van der Waals surface area contributed by atoms with Crippen LogP contribution in [0.1, 0.15) is 24.5 Å². The summed E-state index contributed by atoms with van der Waals surface area (Å²) in [5, 5.41) is 8.76. The smallest absolute Gasteiger partial charge is 0.243 e. The minimum absolute atomic E-state index is 0.0244. The molecule has 0 aromatic heterocycles. The number of carbonyl (C=O) groups is 2. The van der Waals surface area contributed by atoms with Crippen molar-refractivity contribution in [2.45, 2.75) is 27.2 Å². The summed E-state index contributed by atoms with van der Waals surface area (Å²) >= 11 is 0. The van der Waals surface area contributed by atoms with Crippen LogP contribution >= 0.6 is 0 Å². The van der Waals surface area contributed by atoms with E-state index in [0.29, 0.717) is 6.42 Å². The molecule has 0 fully saturated rings. The van der Waals surface area contributed by atoms with Gasteiger partial charge in [-0.15, -0.1) is 0 Å². The Bertz CT molecular complexity index is 724. The van der Waals surface area contributed by atoms with Crippen molar-refractivity contribution in [3.63, 3.8) is 0 Å². The van der Waals surface area contributed by atoms with Gasteiger partial charge in [0.1, 0.15) is 0 Å². The number of hydrogen-bond acceptors (Lipinski definition) is 3. The van der Waals surface area contributed by atoms with Gasteiger partial charge in [0.05, 0.1) is 6.54 Å². The maximum atomic E-state index is 12.1. The molecule has 0 aliphatic rings. The Kier molecular flexibility index (Phi) is 5.95. The zero-order chi connectivity index (χ0) is 17.5. The summed E-state index contributed by atoms with van der Waals surface area (Å²) in [6.07, 6.45) is 0.443. The van der Waals surface area contributed by atoms with E-state index in [9.17, 15) is 9.59 Å². The Morgan fingerprint density at radius 2 is 1.54 bits per heavy atom. The summed E-state index contributed by atoms with van der Waals surface area (Å²) in [6, 6.07) is 13.2. The minimum Gasteiger partial charge on any atom is -0.376 e. The third-order valence-corrected chi connectivity index (χ3v) is 3.61. The lowest BCUT2D eigenvalue weighted by Crippen LogP contribution is -2.22. The quantitative estimate of drug-likeness (QED) is 0.758. The lowest BCUT2D eigenvalue weighted by atomic mass is 10.1. The van der Waals surface area contributed by atoms with E-state index in [1.807, 2.05) is 44.2 Å². The van der Waals surface area contributed by atoms with Gasteiger partial charge in [0.25, 0.3) is 0 Å². The number of anilines is 3. The Hall–Kier alpha value is -2.82. The third kappa shape index (κ3) is 5.12. The molecule has 0 spiro atoms. The van der Waals surface area contributed by atoms with Gasteiger partial charge in [0.2, 0.25) is 11.8 Å². The molecule has 0 aliphatic heterocycles. The highest BCUT2D eigenvalue weighted by Crippen LogP contribution is 2.17. The predicted octanol–water partition coefficient (Wildman–Crippen LogP) is 3.70. The van der Waals surface area contributed by atoms with Crippen LogP contribution in [0.3, 0.4) is 0 Å². The molecular formula is C19H23N3O2. The summed E-state index contributed by atoms with van der Waals surface area (Å²) in [7, 11) is 0. The van der Waals surface area contributed by atoms with E-state index < -0.39 is 0 Å². The first-order valence-corrected chi connectivity index (χ1v) is 7.99. The second kappa shape index (κ2) is 8.15. The first-order chi connectivity index (χ1) is 11.5. The molecule has 2 amide bonds. The number of benzene rings is 2. The van der Waals surface area contributed by atoms with Crippen molar-refractivity contribution in [2.24, 2.45) is 0 Å². The van der Waals surface area contributed by atoms with E-state index >= 15 is 0 Å². The maximum Gasteiger partial charge on any atom is 0.243 e. The fourth-order valence-electron chi connectivity index (χ4n) is 2.17. The molecule has 0 radical (unpaired) electrons. The first kappa shape index (κ1) is 17.5. The molecule has 2 rings (SSSR count). The fourth-order valence-corrected chi connectivity index (χ4v) is 2.17. The van der Waals surface area contributed by atoms with Gasteiger partial charge in [-0.25, -0.2) is 0 Å². The van der Waals surface area contributed by atoms with E-state index in [-0.39, 0.29) is 18.4 Å². The predicted molar refractivity (Wildman–Crippen MR) is 98.4 cm³/mol. The van der Waals surface area contributed by atoms with Crippen LogP contribution in [-0.4, -0.2) is 18.4 Å². The Labute approximate surface area is 142 Å². The highest BCUT2D eigenvalue weighted by Gasteiger charge is 2.05. The first-order valence-electron chi connectivity index (χ1n) is 7.99. The van der Waals surface area contributed by atoms with Gasteiger partial charge in [-0.3, -0.25) is 9.59 Å². The molecule has 0 saturated carbocycles. The van der Waals surface area contributed by atoms with Crippen molar-refractivity contribution in [1.82, 2.24) is 0 Å². The van der Waals surface area contributed by atoms with Crippen LogP contribution in [0.25, 0.3) is 0 Å². The SMILES string of the molecule is CCC(=O)Nc1ccc(NCC(=O)Nc2cc(C)ccc2C)cc1. The molecule has 126 valence electrons. The van der Waals surface area contributed by atoms with Crippen LogP contribution < -0.4 is 16.0 Å². The number of carbonyl (C=O) groups excluding carboxylic acids is 2. The van der Waals surface area contributed by atoms with E-state index in [0.717, 1.165) is 28.2 Å². The van der Waals surface area contributed by atoms with Crippen LogP contribution in [0.2, 0.25) is 0 Å². The van der Waals surface area contributed by atoms with Crippen molar-refractivity contribution in [1.29, 1.82) is 0 Å². The summed E-state index contributed by atoms with van der Waals surface area (Å²) < 4.78 is 0. The van der Waals surface area contributed by atoms with Crippen molar-refractivity contribution in [3.05, 3.63) is 53.6 Å². The summed E-state index contributed by atoms with van der Waals surface area (Å²) in [5.41, 5.74) is 4.53. The van der Waals surface area contributed by atoms with Crippen molar-refractivity contribution < 1.29 is 9.59 Å². The number of hydrogen-bond donors (Lipinski definition) is 3. The van der Waals surface area contributed by atoms with Crippen LogP contribution in [-0.2, 0) is 9.59 Å². The molecule has 2 aromatic carbocycles. The number of nitrogens with one attached hydrogen (secondary N) is 3. The van der Waals surface area contributed by atoms with Gasteiger partial charge < -0.3 is 16.0 Å². The normalized spacial score (nSPS) is 10.1. The molecule has 0 heterocycles. The van der Waals surface area contributed by atoms with Crippen LogP contribution in [0.15, 0.2) is 42.5 Å². The van der Waals surface area contributed by atoms with Gasteiger partial charge in [0, 0.05) is 23.5 Å². The van der Waals surface area contributed by atoms with Crippen LogP contribution in [0.4, 0.5) is 17.1 Å². The average molecular weight is 325 g/mol. The zero-order valence-electron chi connectivity index (χ0n) is 14.3. The molecule has 5 heteroatoms. The molecular weight excluding hydrogens is 302 g/mol. The van der Waals surface area contributed by atoms with E-state index in [1.54, 1.807) is 19.1 Å². The maximum absolute atomic E-state index is 12.1. The van der Waals surface area contributed by atoms with E-state index in [2.05, 4.69) is 16.0 Å². The van der Waals surface area contributed by atoms with Gasteiger partial charge in [-0.2, -0.15) is 0 Å². The van der Waals surface area contributed by atoms with E-state index in [1.165, 1.54) is 0 Å². The molecule has 0 atom stereocenters. The Morgan fingerprint density at radius 1 is 0.875 bits per heavy atom. The lowest BCUT2D eigenvalue weighted by molar-refractivity contribution is -0.116. The van der Waals surface area contributed by atoms with Gasteiger partial charge >= 0.3 is 0 Å². The average Bonchev–Trinajstić information content (AvgIpc) is 2.57. The number of rotatable bonds is 6. The van der Waals surface area contributed by atoms with Crippen LogP contribution in [0, 0.1) is 13.8 Å². The standard InChI is InChI=1S/C19H23N3O2/c1-4-18(23)21-16-9-7-15(8-10-16)20-12-19(24)22-17-11-13(2)5-6-14(17)3/h5-11,20H,4,12H2,1-3H3,(H,21,23)(H,22,24). The number of amides is 2. The largest absolute Gasteiger partial charge is 0.376 e. The monoisotopic (exact) mass is 325 g/mol. The van der Waals surface area contributed by atoms with Gasteiger partial charge in [-0.1, -0.05) is 19.1 Å². The highest BCUT2D eigenvalue weighted by molar-refractivity contribution is 5.94. The molecule has 0 saturated heterocycles. The van der Waals surface area contributed by atoms with Crippen molar-refractivity contribution in [3.8, 4) is 0 Å². The molecule has 0 aliphatic carbocycles.